The van der Waals surface area contributed by atoms with Gasteiger partial charge in [-0.2, -0.15) is 12.6 Å². The third-order valence-corrected chi connectivity index (χ3v) is 6.51. The number of carbonyl (C=O) groups is 4. The number of phenolic OH excluding ortho intramolecular Hbond substituents is 2. The van der Waals surface area contributed by atoms with Crippen LogP contribution in [0.15, 0.2) is 61.1 Å². The molecule has 1 heterocycles. The molecule has 9 N–H and O–H groups in total. The van der Waals surface area contributed by atoms with Gasteiger partial charge in [-0.25, -0.2) is 9.78 Å². The molecule has 4 atom stereocenters. The fraction of sp³-hybridized carbons (Fsp3) is 0.296. The number of benzene rings is 2. The van der Waals surface area contributed by atoms with Gasteiger partial charge in [0.25, 0.3) is 0 Å². The average molecular weight is 585 g/mol. The summed E-state index contributed by atoms with van der Waals surface area (Å²) in [5, 5.41) is 36.1. The van der Waals surface area contributed by atoms with Crippen LogP contribution in [0.2, 0.25) is 0 Å². The van der Waals surface area contributed by atoms with Crippen molar-refractivity contribution < 1.29 is 34.5 Å². The van der Waals surface area contributed by atoms with Crippen LogP contribution in [0, 0.1) is 0 Å². The molecule has 0 radical (unpaired) electrons. The number of rotatable bonds is 14. The number of carbonyl (C=O) groups excluding carboxylic acids is 3. The summed E-state index contributed by atoms with van der Waals surface area (Å²) in [4.78, 5) is 57.7. The number of hydrogen-bond donors (Lipinski definition) is 9. The van der Waals surface area contributed by atoms with E-state index >= 15 is 0 Å². The zero-order chi connectivity index (χ0) is 29.9. The van der Waals surface area contributed by atoms with Gasteiger partial charge in [0.1, 0.15) is 29.6 Å². The molecule has 14 heteroatoms. The zero-order valence-electron chi connectivity index (χ0n) is 21.9. The minimum absolute atomic E-state index is 0.0131. The Balaban J connectivity index is 1.68. The number of nitrogens with one attached hydrogen (secondary N) is 4. The largest absolute Gasteiger partial charge is 0.508 e. The first-order valence-corrected chi connectivity index (χ1v) is 13.2. The molecule has 0 aliphatic rings. The number of H-pyrrole nitrogens is 1. The van der Waals surface area contributed by atoms with Gasteiger partial charge in [-0.3, -0.25) is 14.4 Å². The van der Waals surface area contributed by atoms with Gasteiger partial charge in [0.15, 0.2) is 0 Å². The Bertz CT molecular complexity index is 1320. The lowest BCUT2D eigenvalue weighted by Gasteiger charge is -2.24. The molecule has 3 amide bonds. The maximum atomic E-state index is 13.2. The van der Waals surface area contributed by atoms with Crippen LogP contribution in [0.25, 0.3) is 0 Å². The van der Waals surface area contributed by atoms with E-state index in [0.29, 0.717) is 16.8 Å². The second-order valence-corrected chi connectivity index (χ2v) is 9.70. The van der Waals surface area contributed by atoms with Gasteiger partial charge in [0.05, 0.1) is 12.4 Å². The van der Waals surface area contributed by atoms with E-state index < -0.39 is 47.9 Å². The third kappa shape index (κ3) is 9.54. The number of nitrogens with zero attached hydrogens (tertiary/aromatic N) is 1. The lowest BCUT2D eigenvalue weighted by Crippen LogP contribution is -2.58. The molecule has 13 nitrogen and oxygen atoms in total. The number of phenols is 2. The monoisotopic (exact) mass is 584 g/mol. The highest BCUT2D eigenvalue weighted by Gasteiger charge is 2.30. The minimum Gasteiger partial charge on any atom is -0.508 e. The smallest absolute Gasteiger partial charge is 0.326 e. The SMILES string of the molecule is NC(Cc1ccc(O)cc1)C(=O)NC(CS)C(=O)NC(Cc1cnc[nH]1)C(=O)NC(Cc1ccc(O)cc1)C(=O)O. The van der Waals surface area contributed by atoms with Crippen LogP contribution >= 0.6 is 12.6 Å². The van der Waals surface area contributed by atoms with Crippen molar-refractivity contribution in [2.45, 2.75) is 43.4 Å². The van der Waals surface area contributed by atoms with Gasteiger partial charge in [0.2, 0.25) is 17.7 Å². The Labute approximate surface area is 241 Å². The fourth-order valence-corrected chi connectivity index (χ4v) is 4.15. The quantitative estimate of drug-likeness (QED) is 0.113. The lowest BCUT2D eigenvalue weighted by molar-refractivity contribution is -0.142. The maximum Gasteiger partial charge on any atom is 0.326 e. The molecule has 0 saturated carbocycles. The highest BCUT2D eigenvalue weighted by molar-refractivity contribution is 7.80. The standard InChI is InChI=1S/C27H32N6O7S/c28-20(9-15-1-5-18(34)6-2-15)24(36)33-23(13-41)26(38)31-21(11-17-12-29-14-30-17)25(37)32-22(27(39)40)10-16-3-7-19(35)8-4-16/h1-8,12,14,20-23,34-35,41H,9-11,13,28H2,(H,29,30)(H,31,38)(H,32,37)(H,33,36)(H,39,40). The van der Waals surface area contributed by atoms with Crippen molar-refractivity contribution in [2.75, 3.05) is 5.75 Å². The molecule has 0 bridgehead atoms. The van der Waals surface area contributed by atoms with Crippen molar-refractivity contribution in [3.05, 3.63) is 77.9 Å². The highest BCUT2D eigenvalue weighted by atomic mass is 32.1. The van der Waals surface area contributed by atoms with Crippen LogP contribution in [0.4, 0.5) is 0 Å². The summed E-state index contributed by atoms with van der Waals surface area (Å²) in [6.07, 6.45) is 2.88. The van der Waals surface area contributed by atoms with Crippen LogP contribution < -0.4 is 21.7 Å². The minimum atomic E-state index is -1.33. The second kappa shape index (κ2) is 14.7. The number of amides is 3. The van der Waals surface area contributed by atoms with E-state index in [2.05, 4.69) is 38.5 Å². The van der Waals surface area contributed by atoms with Gasteiger partial charge >= 0.3 is 5.97 Å². The van der Waals surface area contributed by atoms with Crippen molar-refractivity contribution in [1.29, 1.82) is 0 Å². The lowest BCUT2D eigenvalue weighted by atomic mass is 10.0. The van der Waals surface area contributed by atoms with Crippen molar-refractivity contribution in [3.63, 3.8) is 0 Å². The molecule has 0 fully saturated rings. The molecule has 2 aromatic carbocycles. The normalized spacial score (nSPS) is 13.8. The second-order valence-electron chi connectivity index (χ2n) is 9.33. The van der Waals surface area contributed by atoms with Crippen LogP contribution in [0.5, 0.6) is 11.5 Å². The first-order valence-electron chi connectivity index (χ1n) is 12.6. The summed E-state index contributed by atoms with van der Waals surface area (Å²) in [5.41, 5.74) is 7.77. The molecule has 0 spiro atoms. The number of aromatic amines is 1. The Kier molecular flexibility index (Phi) is 11.1. The summed E-state index contributed by atoms with van der Waals surface area (Å²) in [5.74, 6) is -3.44. The summed E-state index contributed by atoms with van der Waals surface area (Å²) in [6, 6.07) is 7.34. The summed E-state index contributed by atoms with van der Waals surface area (Å²) in [7, 11) is 0. The summed E-state index contributed by atoms with van der Waals surface area (Å²) < 4.78 is 0. The fourth-order valence-electron chi connectivity index (χ4n) is 3.89. The molecule has 3 rings (SSSR count). The van der Waals surface area contributed by atoms with Gasteiger partial charge in [-0.15, -0.1) is 0 Å². The number of imidazole rings is 1. The van der Waals surface area contributed by atoms with E-state index in [1.165, 1.54) is 48.9 Å². The van der Waals surface area contributed by atoms with Crippen LogP contribution in [-0.4, -0.2) is 78.9 Å². The number of aromatic nitrogens is 2. The molecular formula is C27H32N6O7S. The first-order chi connectivity index (χ1) is 19.5. The highest BCUT2D eigenvalue weighted by Crippen LogP contribution is 2.13. The van der Waals surface area contributed by atoms with E-state index in [1.54, 1.807) is 12.1 Å². The number of aromatic hydroxyl groups is 2. The summed E-state index contributed by atoms with van der Waals surface area (Å²) >= 11 is 4.16. The van der Waals surface area contributed by atoms with Crippen LogP contribution in [-0.2, 0) is 38.4 Å². The van der Waals surface area contributed by atoms with E-state index in [0.717, 1.165) is 0 Å². The van der Waals surface area contributed by atoms with Gasteiger partial charge in [0, 0.05) is 30.5 Å². The Morgan fingerprint density at radius 1 is 0.780 bits per heavy atom. The predicted octanol–water partition coefficient (Wildman–Crippen LogP) is -0.355. The van der Waals surface area contributed by atoms with E-state index in [4.69, 9.17) is 5.73 Å². The topological polar surface area (TPSA) is 220 Å². The van der Waals surface area contributed by atoms with Gasteiger partial charge in [-0.05, 0) is 41.8 Å². The first kappa shape index (κ1) is 31.0. The van der Waals surface area contributed by atoms with Crippen molar-refractivity contribution in [3.8, 4) is 11.5 Å². The number of thiol groups is 1. The molecule has 3 aromatic rings. The molecule has 4 unspecified atom stereocenters. The number of nitrogens with two attached hydrogens (primary N) is 1. The van der Waals surface area contributed by atoms with Gasteiger partial charge in [-0.1, -0.05) is 24.3 Å². The number of hydrogen-bond acceptors (Lipinski definition) is 9. The average Bonchev–Trinajstić information content (AvgIpc) is 3.46. The van der Waals surface area contributed by atoms with Crippen molar-refractivity contribution in [2.24, 2.45) is 5.73 Å². The Hall–Kier alpha value is -4.56. The van der Waals surface area contributed by atoms with E-state index in [-0.39, 0.29) is 36.5 Å². The maximum absolute atomic E-state index is 13.2. The van der Waals surface area contributed by atoms with E-state index in [9.17, 15) is 34.5 Å². The zero-order valence-corrected chi connectivity index (χ0v) is 22.8. The molecule has 1 aromatic heterocycles. The molecule has 218 valence electrons. The number of aliphatic carboxylic acids is 1. The molecule has 0 aliphatic carbocycles. The van der Waals surface area contributed by atoms with Crippen molar-refractivity contribution >= 4 is 36.3 Å². The summed E-state index contributed by atoms with van der Waals surface area (Å²) in [6.45, 7) is 0. The Morgan fingerprint density at radius 2 is 1.29 bits per heavy atom. The van der Waals surface area contributed by atoms with Crippen LogP contribution in [0.3, 0.4) is 0 Å². The molecular weight excluding hydrogens is 552 g/mol. The third-order valence-electron chi connectivity index (χ3n) is 6.15. The molecule has 0 saturated heterocycles. The number of carboxylic acid groups (broad SMARTS) is 1. The molecule has 0 aliphatic heterocycles. The van der Waals surface area contributed by atoms with Gasteiger partial charge < -0.3 is 42.0 Å². The predicted molar refractivity (Wildman–Crippen MR) is 151 cm³/mol. The number of carboxylic acids is 1. The van der Waals surface area contributed by atoms with Crippen molar-refractivity contribution in [1.82, 2.24) is 25.9 Å². The van der Waals surface area contributed by atoms with E-state index in [1.807, 2.05) is 0 Å². The van der Waals surface area contributed by atoms with Crippen LogP contribution in [0.1, 0.15) is 16.8 Å². The molecule has 41 heavy (non-hydrogen) atoms. The Morgan fingerprint density at radius 3 is 1.80 bits per heavy atom.